The van der Waals surface area contributed by atoms with Gasteiger partial charge in [-0.1, -0.05) is 24.3 Å². The molecule has 1 N–H and O–H groups in total. The summed E-state index contributed by atoms with van der Waals surface area (Å²) in [5, 5.41) is 3.65. The van der Waals surface area contributed by atoms with Crippen molar-refractivity contribution in [1.29, 1.82) is 0 Å². The van der Waals surface area contributed by atoms with Gasteiger partial charge in [0.15, 0.2) is 5.82 Å². The molecule has 0 spiro atoms. The van der Waals surface area contributed by atoms with E-state index in [0.29, 0.717) is 35.2 Å². The highest BCUT2D eigenvalue weighted by molar-refractivity contribution is 5.95. The van der Waals surface area contributed by atoms with Crippen molar-refractivity contribution in [3.05, 3.63) is 59.9 Å². The van der Waals surface area contributed by atoms with E-state index in [2.05, 4.69) is 11.4 Å². The maximum atomic E-state index is 14.2. The number of benzene rings is 2. The topological polar surface area (TPSA) is 120 Å². The van der Waals surface area contributed by atoms with Gasteiger partial charge in [0.05, 0.1) is 36.5 Å². The third kappa shape index (κ3) is 6.40. The van der Waals surface area contributed by atoms with Crippen molar-refractivity contribution >= 4 is 28.7 Å². The van der Waals surface area contributed by atoms with Crippen molar-refractivity contribution in [3.63, 3.8) is 0 Å². The number of aryl methyl sites for hydroxylation is 1. The maximum absolute atomic E-state index is 14.2. The highest BCUT2D eigenvalue weighted by Gasteiger charge is 2.62. The molecule has 11 heteroatoms. The molecule has 248 valence electrons. The maximum Gasteiger partial charge on any atom is 0.332 e. The molecule has 2 fully saturated rings. The lowest BCUT2D eigenvalue weighted by Crippen LogP contribution is -2.50. The second-order valence-electron chi connectivity index (χ2n) is 12.8. The molecule has 2 amide bonds. The van der Waals surface area contributed by atoms with E-state index in [9.17, 15) is 18.8 Å². The van der Waals surface area contributed by atoms with E-state index in [4.69, 9.17) is 24.2 Å². The van der Waals surface area contributed by atoms with E-state index < -0.39 is 35.3 Å². The molecule has 6 rings (SSSR count). The third-order valence-corrected chi connectivity index (χ3v) is 9.65. The number of allylic oxidation sites excluding steroid dienone is 1. The van der Waals surface area contributed by atoms with Crippen molar-refractivity contribution in [2.75, 3.05) is 27.3 Å². The summed E-state index contributed by atoms with van der Waals surface area (Å²) in [7, 11) is 3.35. The number of carbonyl (C=O) groups excluding carboxylic acids is 3. The van der Waals surface area contributed by atoms with Crippen LogP contribution in [-0.4, -0.2) is 71.6 Å². The molecule has 3 aromatic rings. The zero-order valence-electron chi connectivity index (χ0n) is 27.3. The molecule has 47 heavy (non-hydrogen) atoms. The Morgan fingerprint density at radius 3 is 2.70 bits per heavy atom. The summed E-state index contributed by atoms with van der Waals surface area (Å²) in [6.45, 7) is 4.40. The molecular weight excluding hydrogens is 603 g/mol. The number of esters is 1. The first-order valence-electron chi connectivity index (χ1n) is 16.3. The molecular formula is C36H41FN4O6. The van der Waals surface area contributed by atoms with Crippen molar-refractivity contribution in [1.82, 2.24) is 20.2 Å². The Bertz CT molecular complexity index is 1730. The summed E-state index contributed by atoms with van der Waals surface area (Å²) in [6.07, 6.45) is 7.04. The van der Waals surface area contributed by atoms with E-state index in [1.807, 2.05) is 25.1 Å². The van der Waals surface area contributed by atoms with Crippen LogP contribution in [0.5, 0.6) is 11.6 Å². The fourth-order valence-corrected chi connectivity index (χ4v) is 6.95. The highest BCUT2D eigenvalue weighted by Crippen LogP contribution is 2.47. The van der Waals surface area contributed by atoms with Crippen LogP contribution in [0.3, 0.4) is 0 Å². The number of hydrogen-bond donors (Lipinski definition) is 1. The van der Waals surface area contributed by atoms with Crippen LogP contribution in [0.15, 0.2) is 48.6 Å². The second-order valence-corrected chi connectivity index (χ2v) is 12.8. The molecule has 10 nitrogen and oxygen atoms in total. The number of nitrogens with zero attached hydrogens (tertiary/aromatic N) is 3. The van der Waals surface area contributed by atoms with Crippen LogP contribution < -0.4 is 14.8 Å². The van der Waals surface area contributed by atoms with Crippen molar-refractivity contribution in [3.8, 4) is 23.0 Å². The van der Waals surface area contributed by atoms with Gasteiger partial charge < -0.3 is 24.4 Å². The van der Waals surface area contributed by atoms with Crippen LogP contribution in [0.4, 0.5) is 4.39 Å². The van der Waals surface area contributed by atoms with Crippen LogP contribution in [0, 0.1) is 30.5 Å². The first kappa shape index (κ1) is 32.4. The van der Waals surface area contributed by atoms with Crippen molar-refractivity contribution in [2.45, 2.75) is 64.0 Å². The lowest BCUT2D eigenvalue weighted by atomic mass is 9.93. The number of methoxy groups -OCH3 is 1. The molecule has 2 heterocycles. The van der Waals surface area contributed by atoms with Crippen LogP contribution in [-0.2, 0) is 19.1 Å². The van der Waals surface area contributed by atoms with Crippen LogP contribution in [0.25, 0.3) is 22.3 Å². The Morgan fingerprint density at radius 1 is 1.13 bits per heavy atom. The zero-order chi connectivity index (χ0) is 33.3. The highest BCUT2D eigenvalue weighted by atomic mass is 19.1. The Balaban J connectivity index is 1.35. The second kappa shape index (κ2) is 13.3. The summed E-state index contributed by atoms with van der Waals surface area (Å²) in [6, 6.07) is 9.65. The lowest BCUT2D eigenvalue weighted by molar-refractivity contribution is -0.150. The quantitative estimate of drug-likeness (QED) is 0.289. The number of hydrogen-bond acceptors (Lipinski definition) is 8. The van der Waals surface area contributed by atoms with E-state index in [-0.39, 0.29) is 48.9 Å². The minimum atomic E-state index is -1.13. The smallest absolute Gasteiger partial charge is 0.332 e. The normalized spacial score (nSPS) is 26.9. The van der Waals surface area contributed by atoms with Crippen LogP contribution >= 0.6 is 0 Å². The molecule has 5 atom stereocenters. The summed E-state index contributed by atoms with van der Waals surface area (Å²) >= 11 is 0. The average molecular weight is 645 g/mol. The first-order chi connectivity index (χ1) is 22.6. The monoisotopic (exact) mass is 644 g/mol. The van der Waals surface area contributed by atoms with Gasteiger partial charge in [0.2, 0.25) is 17.7 Å². The van der Waals surface area contributed by atoms with Gasteiger partial charge in [0.1, 0.15) is 23.2 Å². The number of aromatic nitrogens is 2. The summed E-state index contributed by atoms with van der Waals surface area (Å²) < 4.78 is 31.7. The number of ether oxygens (including phenoxy) is 3. The van der Waals surface area contributed by atoms with E-state index in [0.717, 1.165) is 24.8 Å². The largest absolute Gasteiger partial charge is 0.496 e. The van der Waals surface area contributed by atoms with Crippen LogP contribution in [0.1, 0.15) is 51.0 Å². The number of carbonyl (C=O) groups is 3. The van der Waals surface area contributed by atoms with Gasteiger partial charge in [0, 0.05) is 30.6 Å². The van der Waals surface area contributed by atoms with E-state index in [1.54, 1.807) is 38.1 Å². The van der Waals surface area contributed by atoms with Gasteiger partial charge in [-0.25, -0.2) is 14.2 Å². The van der Waals surface area contributed by atoms with Crippen molar-refractivity contribution in [2.24, 2.45) is 17.8 Å². The number of fused-ring (bicyclic) bond motifs is 3. The molecule has 0 radical (unpaired) electrons. The predicted octanol–water partition coefficient (Wildman–Crippen LogP) is 5.16. The molecule has 2 aliphatic carbocycles. The number of rotatable bonds is 6. The first-order valence-corrected chi connectivity index (χ1v) is 16.3. The standard InChI is InChI=1S/C36H41FN4O6/c1-5-46-35(44)36-20-23(36)12-8-6-7-9-16-41(3)34(43)28-19-25(18-27(28)32(42)40-36)47-33-26-14-15-29(45-4)21(2)30(26)38-31(39-33)22-11-10-13-24(37)17-22/h8,10-15,17,23,25,27-28H,5-7,9,16,18-20H2,1-4H3,(H,40,42)/b12-8-. The molecule has 2 aromatic carbocycles. The Kier molecular flexibility index (Phi) is 9.16. The van der Waals surface area contributed by atoms with Gasteiger partial charge in [-0.15, -0.1) is 0 Å². The molecule has 1 aliphatic heterocycles. The van der Waals surface area contributed by atoms with Gasteiger partial charge in [0.25, 0.3) is 0 Å². The SMILES string of the molecule is CCOC(=O)C12CC1/C=C\CCCCN(C)C(=O)C1CC(Oc3nc(-c4cccc(F)c4)nc4c(C)c(OC)ccc34)CC1C(=O)N2. The Morgan fingerprint density at radius 2 is 1.94 bits per heavy atom. The van der Waals surface area contributed by atoms with Gasteiger partial charge >= 0.3 is 5.97 Å². The minimum absolute atomic E-state index is 0.130. The average Bonchev–Trinajstić information content (AvgIpc) is 3.59. The molecule has 2 saturated carbocycles. The van der Waals surface area contributed by atoms with E-state index >= 15 is 0 Å². The van der Waals surface area contributed by atoms with E-state index in [1.165, 1.54) is 12.1 Å². The fourth-order valence-electron chi connectivity index (χ4n) is 6.95. The van der Waals surface area contributed by atoms with Gasteiger partial charge in [-0.3, -0.25) is 9.59 Å². The summed E-state index contributed by atoms with van der Waals surface area (Å²) in [5.74, 6) is -1.74. The minimum Gasteiger partial charge on any atom is -0.496 e. The molecule has 5 unspecified atom stereocenters. The predicted molar refractivity (Wildman–Crippen MR) is 173 cm³/mol. The Hall–Kier alpha value is -4.54. The van der Waals surface area contributed by atoms with Crippen LogP contribution in [0.2, 0.25) is 0 Å². The number of halogens is 1. The third-order valence-electron chi connectivity index (χ3n) is 9.65. The fraction of sp³-hybridized carbons (Fsp3) is 0.472. The number of nitrogens with one attached hydrogen (secondary N) is 1. The molecule has 0 saturated heterocycles. The Labute approximate surface area is 273 Å². The van der Waals surface area contributed by atoms with Gasteiger partial charge in [-0.2, -0.15) is 4.98 Å². The van der Waals surface area contributed by atoms with Gasteiger partial charge in [-0.05, 0) is 76.6 Å². The molecule has 0 bridgehead atoms. The molecule has 1 aromatic heterocycles. The summed E-state index contributed by atoms with van der Waals surface area (Å²) in [5.41, 5.74) is 0.698. The zero-order valence-corrected chi connectivity index (χ0v) is 27.3. The number of amides is 2. The lowest BCUT2D eigenvalue weighted by Gasteiger charge is -2.26. The summed E-state index contributed by atoms with van der Waals surface area (Å²) in [4.78, 5) is 52.2. The molecule has 3 aliphatic rings. The van der Waals surface area contributed by atoms with Crippen molar-refractivity contribution < 1.29 is 33.0 Å².